The minimum absolute atomic E-state index is 0.133. The first-order valence-electron chi connectivity index (χ1n) is 11.0. The van der Waals surface area contributed by atoms with Crippen LogP contribution in [-0.4, -0.2) is 38.1 Å². The quantitative estimate of drug-likeness (QED) is 0.429. The van der Waals surface area contributed by atoms with Gasteiger partial charge in [0.05, 0.1) is 29.6 Å². The van der Waals surface area contributed by atoms with Gasteiger partial charge in [-0.3, -0.25) is 14.3 Å². The number of nitrogens with zero attached hydrogens (tertiary/aromatic N) is 5. The van der Waals surface area contributed by atoms with Crippen LogP contribution in [-0.2, 0) is 24.7 Å². The molecule has 176 valence electrons. The Morgan fingerprint density at radius 2 is 1.97 bits per heavy atom. The predicted molar refractivity (Wildman–Crippen MR) is 134 cm³/mol. The Hall–Kier alpha value is -4.24. The van der Waals surface area contributed by atoms with Crippen molar-refractivity contribution in [2.45, 2.75) is 12.8 Å². The van der Waals surface area contributed by atoms with Crippen LogP contribution in [0.25, 0.3) is 11.3 Å². The second-order valence-corrected chi connectivity index (χ2v) is 8.60. The molecule has 3 N–H and O–H groups in total. The molecule has 5 rings (SSSR count). The molecule has 1 aliphatic rings. The lowest BCUT2D eigenvalue weighted by Gasteiger charge is -2.20. The number of nitrogens with two attached hydrogens (primary N) is 1. The summed E-state index contributed by atoms with van der Waals surface area (Å²) in [5, 5.41) is 7.78. The molecule has 0 spiro atoms. The normalized spacial score (nSPS) is 12.5. The molecule has 1 aliphatic heterocycles. The summed E-state index contributed by atoms with van der Waals surface area (Å²) in [6, 6.07) is 14.4. The second kappa shape index (κ2) is 9.19. The number of fused-ring (bicyclic) bond motifs is 1. The molecular formula is C25H22ClN7O2. The van der Waals surface area contributed by atoms with Crippen LogP contribution in [0.2, 0.25) is 5.02 Å². The van der Waals surface area contributed by atoms with Gasteiger partial charge in [-0.05, 0) is 41.8 Å². The number of anilines is 3. The molecule has 0 saturated carbocycles. The average molecular weight is 488 g/mol. The standard InChI is InChI=1S/C25H22ClN7O2/c1-32-21(7-10-29-32)31-25-28-9-6-20(30-25)17-12-16-8-11-33(23(16)18(13-17)24(27)35)22(34)14-15-4-2-3-5-19(15)26/h2-7,9-10,12-13H,8,11,14H2,1H3,(H2,27,35)(H,28,30,31). The molecule has 0 radical (unpaired) electrons. The van der Waals surface area contributed by atoms with Gasteiger partial charge in [-0.15, -0.1) is 0 Å². The zero-order chi connectivity index (χ0) is 24.5. The van der Waals surface area contributed by atoms with Gasteiger partial charge in [-0.1, -0.05) is 29.8 Å². The fourth-order valence-corrected chi connectivity index (χ4v) is 4.43. The van der Waals surface area contributed by atoms with Crippen molar-refractivity contribution in [2.24, 2.45) is 12.8 Å². The molecule has 0 unspecified atom stereocenters. The van der Waals surface area contributed by atoms with Crippen LogP contribution in [0.1, 0.15) is 21.5 Å². The maximum Gasteiger partial charge on any atom is 0.250 e. The van der Waals surface area contributed by atoms with Crippen molar-refractivity contribution < 1.29 is 9.59 Å². The van der Waals surface area contributed by atoms with Crippen molar-refractivity contribution in [3.05, 3.63) is 82.6 Å². The van der Waals surface area contributed by atoms with Gasteiger partial charge < -0.3 is 16.0 Å². The summed E-state index contributed by atoms with van der Waals surface area (Å²) in [5.41, 5.74) is 9.53. The maximum absolute atomic E-state index is 13.2. The number of aryl methyl sites for hydroxylation is 1. The number of benzene rings is 2. The third kappa shape index (κ3) is 4.45. The van der Waals surface area contributed by atoms with Gasteiger partial charge in [-0.25, -0.2) is 9.97 Å². The lowest BCUT2D eigenvalue weighted by molar-refractivity contribution is -0.117. The highest BCUT2D eigenvalue weighted by atomic mass is 35.5. The van der Waals surface area contributed by atoms with Crippen molar-refractivity contribution in [3.8, 4) is 11.3 Å². The summed E-state index contributed by atoms with van der Waals surface area (Å²) >= 11 is 6.24. The van der Waals surface area contributed by atoms with Gasteiger partial charge in [0.15, 0.2) is 0 Å². The van der Waals surface area contributed by atoms with E-state index >= 15 is 0 Å². The molecule has 0 aliphatic carbocycles. The van der Waals surface area contributed by atoms with Gasteiger partial charge in [0.1, 0.15) is 5.82 Å². The third-order valence-corrected chi connectivity index (χ3v) is 6.31. The number of amides is 2. The first-order chi connectivity index (χ1) is 16.9. The summed E-state index contributed by atoms with van der Waals surface area (Å²) in [4.78, 5) is 36.1. The predicted octanol–water partition coefficient (Wildman–Crippen LogP) is 3.50. The Labute approximate surface area is 206 Å². The lowest BCUT2D eigenvalue weighted by atomic mass is 10.00. The van der Waals surface area contributed by atoms with E-state index in [1.165, 1.54) is 0 Å². The van der Waals surface area contributed by atoms with E-state index in [4.69, 9.17) is 17.3 Å². The monoisotopic (exact) mass is 487 g/mol. The fraction of sp³-hybridized carbons (Fsp3) is 0.160. The van der Waals surface area contributed by atoms with Crippen LogP contribution < -0.4 is 16.0 Å². The van der Waals surface area contributed by atoms with Crippen molar-refractivity contribution in [2.75, 3.05) is 16.8 Å². The van der Waals surface area contributed by atoms with Crippen LogP contribution in [0.4, 0.5) is 17.5 Å². The van der Waals surface area contributed by atoms with E-state index in [0.29, 0.717) is 40.9 Å². The van der Waals surface area contributed by atoms with Gasteiger partial charge in [0.2, 0.25) is 11.9 Å². The first kappa shape index (κ1) is 22.5. The molecule has 0 atom stereocenters. The van der Waals surface area contributed by atoms with Gasteiger partial charge >= 0.3 is 0 Å². The van der Waals surface area contributed by atoms with E-state index < -0.39 is 5.91 Å². The number of primary amides is 1. The van der Waals surface area contributed by atoms with E-state index in [0.717, 1.165) is 16.9 Å². The second-order valence-electron chi connectivity index (χ2n) is 8.19. The molecule has 2 amide bonds. The number of carbonyl (C=O) groups excluding carboxylic acids is 2. The number of rotatable bonds is 6. The maximum atomic E-state index is 13.2. The number of hydrogen-bond acceptors (Lipinski definition) is 6. The molecule has 3 heterocycles. The van der Waals surface area contributed by atoms with Crippen molar-refractivity contribution in [3.63, 3.8) is 0 Å². The molecular weight excluding hydrogens is 466 g/mol. The summed E-state index contributed by atoms with van der Waals surface area (Å²) in [6.45, 7) is 0.458. The van der Waals surface area contributed by atoms with Gasteiger partial charge in [0.25, 0.3) is 5.91 Å². The molecule has 0 fully saturated rings. The Morgan fingerprint density at radius 3 is 2.71 bits per heavy atom. The summed E-state index contributed by atoms with van der Waals surface area (Å²) in [7, 11) is 1.81. The number of carbonyl (C=O) groups is 2. The third-order valence-electron chi connectivity index (χ3n) is 5.94. The number of aromatic nitrogens is 4. The number of nitrogens with one attached hydrogen (secondary N) is 1. The summed E-state index contributed by atoms with van der Waals surface area (Å²) in [6.07, 6.45) is 4.04. The fourth-order valence-electron chi connectivity index (χ4n) is 4.22. The molecule has 0 saturated heterocycles. The first-order valence-corrected chi connectivity index (χ1v) is 11.4. The highest BCUT2D eigenvalue weighted by molar-refractivity contribution is 6.31. The lowest BCUT2D eigenvalue weighted by Crippen LogP contribution is -2.32. The molecule has 35 heavy (non-hydrogen) atoms. The van der Waals surface area contributed by atoms with Gasteiger partial charge in [0, 0.05) is 36.4 Å². The van der Waals surface area contributed by atoms with E-state index in [-0.39, 0.29) is 17.9 Å². The highest BCUT2D eigenvalue weighted by Gasteiger charge is 2.30. The Morgan fingerprint density at radius 1 is 1.14 bits per heavy atom. The molecule has 4 aromatic rings. The SMILES string of the molecule is Cn1nccc1Nc1nccc(-c2cc3c(c(C(N)=O)c2)N(C(=O)Cc2ccccc2Cl)CC3)n1. The van der Waals surface area contributed by atoms with E-state index in [1.54, 1.807) is 40.2 Å². The topological polar surface area (TPSA) is 119 Å². The summed E-state index contributed by atoms with van der Waals surface area (Å²) < 4.78 is 1.67. The zero-order valence-electron chi connectivity index (χ0n) is 18.9. The molecule has 10 heteroatoms. The van der Waals surface area contributed by atoms with Crippen LogP contribution >= 0.6 is 11.6 Å². The van der Waals surface area contributed by atoms with Gasteiger partial charge in [-0.2, -0.15) is 5.10 Å². The minimum Gasteiger partial charge on any atom is -0.366 e. The van der Waals surface area contributed by atoms with E-state index in [1.807, 2.05) is 37.4 Å². The highest BCUT2D eigenvalue weighted by Crippen LogP contribution is 2.36. The van der Waals surface area contributed by atoms with E-state index in [2.05, 4.69) is 20.4 Å². The smallest absolute Gasteiger partial charge is 0.250 e. The van der Waals surface area contributed by atoms with Crippen LogP contribution in [0.3, 0.4) is 0 Å². The number of halogens is 1. The minimum atomic E-state index is -0.608. The van der Waals surface area contributed by atoms with Crippen molar-refractivity contribution >= 4 is 40.9 Å². The zero-order valence-corrected chi connectivity index (χ0v) is 19.7. The molecule has 0 bridgehead atoms. The van der Waals surface area contributed by atoms with Crippen LogP contribution in [0.15, 0.2) is 60.9 Å². The Balaban J connectivity index is 1.47. The largest absolute Gasteiger partial charge is 0.366 e. The van der Waals surface area contributed by atoms with Crippen LogP contribution in [0, 0.1) is 0 Å². The van der Waals surface area contributed by atoms with Crippen molar-refractivity contribution in [1.82, 2.24) is 19.7 Å². The molecule has 2 aromatic heterocycles. The average Bonchev–Trinajstić information content (AvgIpc) is 3.46. The van der Waals surface area contributed by atoms with Crippen molar-refractivity contribution in [1.29, 1.82) is 0 Å². The van der Waals surface area contributed by atoms with Crippen LogP contribution in [0.5, 0.6) is 0 Å². The molecule has 9 nitrogen and oxygen atoms in total. The summed E-state index contributed by atoms with van der Waals surface area (Å²) in [5.74, 6) is 0.380. The Kier molecular flexibility index (Phi) is 5.92. The molecule has 2 aromatic carbocycles. The Bertz CT molecular complexity index is 1450. The van der Waals surface area contributed by atoms with E-state index in [9.17, 15) is 9.59 Å². The number of hydrogen-bond donors (Lipinski definition) is 2.